The Morgan fingerprint density at radius 2 is 1.35 bits per heavy atom. The van der Waals surface area contributed by atoms with Crippen LogP contribution in [0.15, 0.2) is 101 Å². The molecule has 3 aromatic rings. The lowest BCUT2D eigenvalue weighted by molar-refractivity contribution is -0.116. The van der Waals surface area contributed by atoms with Crippen LogP contribution in [0.2, 0.25) is 0 Å². The Balaban J connectivity index is 1.63. The molecule has 0 saturated heterocycles. The second kappa shape index (κ2) is 11.0. The third-order valence-corrected chi connectivity index (χ3v) is 4.71. The first-order chi connectivity index (χ1) is 14.9. The maximum absolute atomic E-state index is 12.3. The number of hydrogen-bond acceptors (Lipinski definition) is 4. The normalized spacial score (nSPS) is 12.7. The Bertz CT molecular complexity index is 1030. The Hall–Kier alpha value is -2.86. The number of amides is 1. The fourth-order valence-corrected chi connectivity index (χ4v) is 2.85. The maximum atomic E-state index is 12.3. The van der Waals surface area contributed by atoms with E-state index in [1.165, 1.54) is 6.08 Å². The highest BCUT2D eigenvalue weighted by Gasteiger charge is 2.33. The number of rotatable bonds is 7. The molecule has 0 spiro atoms. The molecular weight excluding hydrogens is 455 g/mol. The van der Waals surface area contributed by atoms with Crippen molar-refractivity contribution in [3.63, 3.8) is 0 Å². The van der Waals surface area contributed by atoms with Gasteiger partial charge in [0.25, 0.3) is 0 Å². The van der Waals surface area contributed by atoms with Crippen molar-refractivity contribution in [3.05, 3.63) is 96.6 Å². The van der Waals surface area contributed by atoms with Gasteiger partial charge in [0.15, 0.2) is 0 Å². The van der Waals surface area contributed by atoms with Crippen molar-refractivity contribution in [2.45, 2.75) is 9.96 Å². The van der Waals surface area contributed by atoms with E-state index < -0.39 is 15.9 Å². The Labute approximate surface area is 195 Å². The van der Waals surface area contributed by atoms with Gasteiger partial charge in [-0.25, -0.2) is 0 Å². The van der Waals surface area contributed by atoms with E-state index in [9.17, 15) is 4.79 Å². The summed E-state index contributed by atoms with van der Waals surface area (Å²) in [4.78, 5) is 12.3. The van der Waals surface area contributed by atoms with Gasteiger partial charge < -0.3 is 10.6 Å². The summed E-state index contributed by atoms with van der Waals surface area (Å²) in [7, 11) is 0. The van der Waals surface area contributed by atoms with E-state index in [0.717, 1.165) is 11.3 Å². The minimum atomic E-state index is -1.78. The molecule has 0 aliphatic rings. The van der Waals surface area contributed by atoms with Crippen LogP contribution in [-0.4, -0.2) is 15.9 Å². The maximum Gasteiger partial charge on any atom is 0.245 e. The van der Waals surface area contributed by atoms with Crippen molar-refractivity contribution < 1.29 is 4.79 Å². The molecule has 0 heterocycles. The predicted octanol–water partition coefficient (Wildman–Crippen LogP) is 7.04. The highest BCUT2D eigenvalue weighted by Crippen LogP contribution is 2.31. The lowest BCUT2D eigenvalue weighted by atomic mass is 10.2. The number of azo groups is 1. The molecule has 3 rings (SSSR count). The number of nitrogens with one attached hydrogen (secondary N) is 2. The second-order valence-electron chi connectivity index (χ2n) is 6.45. The van der Waals surface area contributed by atoms with E-state index >= 15 is 0 Å². The highest BCUT2D eigenvalue weighted by molar-refractivity contribution is 6.68. The van der Waals surface area contributed by atoms with Crippen LogP contribution in [-0.2, 0) is 4.79 Å². The fraction of sp³-hybridized carbons (Fsp3) is 0.0870. The Morgan fingerprint density at radius 3 is 1.94 bits per heavy atom. The SMILES string of the molecule is O=C(/C=C\c1ccccc1)N[C@@H](Nc1ccc(N=Nc2ccccc2)cc1)C(Cl)(Cl)Cl. The van der Waals surface area contributed by atoms with Crippen LogP contribution in [0.3, 0.4) is 0 Å². The van der Waals surface area contributed by atoms with Gasteiger partial charge in [-0.2, -0.15) is 10.2 Å². The summed E-state index contributed by atoms with van der Waals surface area (Å²) in [6.45, 7) is 0. The molecule has 0 unspecified atom stereocenters. The van der Waals surface area contributed by atoms with Crippen molar-refractivity contribution in [1.29, 1.82) is 0 Å². The summed E-state index contributed by atoms with van der Waals surface area (Å²) in [5, 5.41) is 14.0. The van der Waals surface area contributed by atoms with Gasteiger partial charge in [0, 0.05) is 11.8 Å². The summed E-state index contributed by atoms with van der Waals surface area (Å²) in [5.74, 6) is -0.402. The van der Waals surface area contributed by atoms with Crippen LogP contribution in [0, 0.1) is 0 Å². The zero-order valence-electron chi connectivity index (χ0n) is 16.3. The molecule has 1 atom stereocenters. The number of carbonyl (C=O) groups is 1. The van der Waals surface area contributed by atoms with E-state index in [1.807, 2.05) is 60.7 Å². The minimum absolute atomic E-state index is 0.402. The number of benzene rings is 3. The van der Waals surface area contributed by atoms with Gasteiger partial charge in [-0.15, -0.1) is 0 Å². The summed E-state index contributed by atoms with van der Waals surface area (Å²) in [5.41, 5.74) is 2.94. The van der Waals surface area contributed by atoms with E-state index in [2.05, 4.69) is 20.9 Å². The first-order valence-corrected chi connectivity index (χ1v) is 10.5. The highest BCUT2D eigenvalue weighted by atomic mass is 35.6. The van der Waals surface area contributed by atoms with Gasteiger partial charge in [0.2, 0.25) is 9.70 Å². The molecule has 8 heteroatoms. The third kappa shape index (κ3) is 7.72. The van der Waals surface area contributed by atoms with Crippen LogP contribution in [0.4, 0.5) is 17.1 Å². The summed E-state index contributed by atoms with van der Waals surface area (Å²) in [6.07, 6.45) is 2.10. The molecule has 158 valence electrons. The number of alkyl halides is 3. The number of hydrogen-bond donors (Lipinski definition) is 2. The first-order valence-electron chi connectivity index (χ1n) is 9.34. The molecule has 0 saturated carbocycles. The smallest absolute Gasteiger partial charge is 0.245 e. The zero-order valence-corrected chi connectivity index (χ0v) is 18.5. The molecule has 31 heavy (non-hydrogen) atoms. The average molecular weight is 474 g/mol. The number of anilines is 1. The average Bonchev–Trinajstić information content (AvgIpc) is 2.77. The van der Waals surface area contributed by atoms with Crippen LogP contribution < -0.4 is 10.6 Å². The molecule has 0 fully saturated rings. The molecule has 0 aromatic heterocycles. The molecule has 0 bridgehead atoms. The molecule has 0 aliphatic heterocycles. The lowest BCUT2D eigenvalue weighted by Crippen LogP contribution is -2.48. The third-order valence-electron chi connectivity index (χ3n) is 4.06. The predicted molar refractivity (Wildman–Crippen MR) is 128 cm³/mol. The van der Waals surface area contributed by atoms with Crippen molar-refractivity contribution in [2.75, 3.05) is 5.32 Å². The standard InChI is InChI=1S/C23H19Cl3N4O/c24-23(25,26)22(28-21(31)16-11-17-7-3-1-4-8-17)27-18-12-14-20(15-13-18)30-29-19-9-5-2-6-10-19/h1-16,22,27H,(H,28,31)/b16-11-,30-29?/t22-/m1/s1. The topological polar surface area (TPSA) is 65.8 Å². The number of carbonyl (C=O) groups excluding carboxylic acids is 1. The first kappa shape index (κ1) is 22.8. The fourth-order valence-electron chi connectivity index (χ4n) is 2.53. The monoisotopic (exact) mass is 472 g/mol. The molecule has 0 radical (unpaired) electrons. The number of halogens is 3. The molecule has 5 nitrogen and oxygen atoms in total. The van der Waals surface area contributed by atoms with Gasteiger partial charge in [-0.05, 0) is 48.0 Å². The van der Waals surface area contributed by atoms with Gasteiger partial charge >= 0.3 is 0 Å². The largest absolute Gasteiger partial charge is 0.362 e. The molecule has 1 amide bonds. The quantitative estimate of drug-likeness (QED) is 0.167. The van der Waals surface area contributed by atoms with Crippen LogP contribution >= 0.6 is 34.8 Å². The summed E-state index contributed by atoms with van der Waals surface area (Å²) in [6, 6.07) is 25.9. The van der Waals surface area contributed by atoms with Gasteiger partial charge in [-0.3, -0.25) is 4.79 Å². The second-order valence-corrected chi connectivity index (χ2v) is 8.82. The van der Waals surface area contributed by atoms with Gasteiger partial charge in [0.1, 0.15) is 6.17 Å². The Morgan fingerprint density at radius 1 is 0.806 bits per heavy atom. The number of nitrogens with zero attached hydrogens (tertiary/aromatic N) is 2. The molecule has 3 aromatic carbocycles. The van der Waals surface area contributed by atoms with E-state index in [1.54, 1.807) is 30.3 Å². The van der Waals surface area contributed by atoms with Crippen LogP contribution in [0.25, 0.3) is 6.08 Å². The molecule has 2 N–H and O–H groups in total. The molecular formula is C23H19Cl3N4O. The van der Waals surface area contributed by atoms with E-state index in [4.69, 9.17) is 34.8 Å². The lowest BCUT2D eigenvalue weighted by Gasteiger charge is -2.27. The van der Waals surface area contributed by atoms with Crippen LogP contribution in [0.1, 0.15) is 5.56 Å². The van der Waals surface area contributed by atoms with E-state index in [-0.39, 0.29) is 0 Å². The van der Waals surface area contributed by atoms with Crippen molar-refractivity contribution in [2.24, 2.45) is 10.2 Å². The van der Waals surface area contributed by atoms with Crippen molar-refractivity contribution in [1.82, 2.24) is 5.32 Å². The van der Waals surface area contributed by atoms with Crippen LogP contribution in [0.5, 0.6) is 0 Å². The van der Waals surface area contributed by atoms with E-state index in [0.29, 0.717) is 11.4 Å². The van der Waals surface area contributed by atoms with Crippen molar-refractivity contribution >= 4 is 63.8 Å². The van der Waals surface area contributed by atoms with Crippen molar-refractivity contribution in [3.8, 4) is 0 Å². The Kier molecular flexibility index (Phi) is 8.06. The minimum Gasteiger partial charge on any atom is -0.362 e. The van der Waals surface area contributed by atoms with Gasteiger partial charge in [-0.1, -0.05) is 83.3 Å². The summed E-state index contributed by atoms with van der Waals surface area (Å²) >= 11 is 18.2. The summed E-state index contributed by atoms with van der Waals surface area (Å²) < 4.78 is -1.78. The zero-order chi connectivity index (χ0) is 22.1. The van der Waals surface area contributed by atoms with Gasteiger partial charge in [0.05, 0.1) is 11.4 Å². The molecule has 0 aliphatic carbocycles.